The summed E-state index contributed by atoms with van der Waals surface area (Å²) >= 11 is 0. The quantitative estimate of drug-likeness (QED) is 0.599. The summed E-state index contributed by atoms with van der Waals surface area (Å²) in [4.78, 5) is 10.6. The van der Waals surface area contributed by atoms with Gasteiger partial charge in [0, 0.05) is 12.1 Å². The molecule has 1 heterocycles. The van der Waals surface area contributed by atoms with Gasteiger partial charge in [-0.05, 0) is 6.07 Å². The van der Waals surface area contributed by atoms with E-state index in [1.807, 2.05) is 6.07 Å². The minimum absolute atomic E-state index is 0. The van der Waals surface area contributed by atoms with Crippen LogP contribution in [0.1, 0.15) is 10.5 Å². The van der Waals surface area contributed by atoms with Crippen molar-refractivity contribution in [2.24, 2.45) is 12.8 Å². The van der Waals surface area contributed by atoms with Crippen LogP contribution in [0.25, 0.3) is 0 Å². The van der Waals surface area contributed by atoms with Crippen LogP contribution in [0.5, 0.6) is 0 Å². The van der Waals surface area contributed by atoms with Gasteiger partial charge in [-0.1, -0.05) is 0 Å². The lowest BCUT2D eigenvalue weighted by atomic mass is 10.3. The minimum Gasteiger partial charge on any atom is -0.360 e. The SMILES string of the molecule is C[n+]1ccccc1C(N)=O.Cl. The van der Waals surface area contributed by atoms with Crippen molar-refractivity contribution in [1.29, 1.82) is 0 Å². The molecule has 0 radical (unpaired) electrons. The van der Waals surface area contributed by atoms with Crippen LogP contribution in [0.3, 0.4) is 0 Å². The predicted molar refractivity (Wildman–Crippen MR) is 43.4 cm³/mol. The molecule has 0 aliphatic rings. The van der Waals surface area contributed by atoms with E-state index >= 15 is 0 Å². The number of carbonyl (C=O) groups excluding carboxylic acids is 1. The van der Waals surface area contributed by atoms with Crippen molar-refractivity contribution in [2.45, 2.75) is 0 Å². The standard InChI is InChI=1S/C7H8N2O.ClH/c1-9-5-3-2-4-6(9)7(8)10;/h2-5H,1H3,(H-,8,10);1H/p+1. The Hall–Kier alpha value is -1.09. The second-order valence-corrected chi connectivity index (χ2v) is 2.06. The first kappa shape index (κ1) is 9.91. The molecule has 1 rings (SSSR count). The van der Waals surface area contributed by atoms with Gasteiger partial charge in [0.1, 0.15) is 7.05 Å². The number of carbonyl (C=O) groups is 1. The molecule has 4 heteroatoms. The lowest BCUT2D eigenvalue weighted by molar-refractivity contribution is -0.673. The number of aryl methyl sites for hydroxylation is 1. The Kier molecular flexibility index (Phi) is 3.54. The third kappa shape index (κ3) is 2.20. The molecule has 2 N–H and O–H groups in total. The molecule has 0 aliphatic heterocycles. The molecule has 1 aromatic rings. The largest absolute Gasteiger partial charge is 0.360 e. The Morgan fingerprint density at radius 3 is 2.55 bits per heavy atom. The van der Waals surface area contributed by atoms with Crippen molar-refractivity contribution >= 4 is 18.3 Å². The monoisotopic (exact) mass is 173 g/mol. The highest BCUT2D eigenvalue weighted by Gasteiger charge is 2.09. The second kappa shape index (κ2) is 3.93. The van der Waals surface area contributed by atoms with Crippen molar-refractivity contribution < 1.29 is 9.36 Å². The van der Waals surface area contributed by atoms with Crippen LogP contribution < -0.4 is 10.3 Å². The molecule has 3 nitrogen and oxygen atoms in total. The molecule has 0 saturated heterocycles. The average Bonchev–Trinajstić information content (AvgIpc) is 1.88. The Labute approximate surface area is 71.2 Å². The maximum atomic E-state index is 10.6. The molecule has 60 valence electrons. The molecule has 0 aromatic carbocycles. The third-order valence-corrected chi connectivity index (χ3v) is 1.31. The molecule has 11 heavy (non-hydrogen) atoms. The molecule has 0 fully saturated rings. The summed E-state index contributed by atoms with van der Waals surface area (Å²) in [6, 6.07) is 5.30. The molecule has 0 atom stereocenters. The van der Waals surface area contributed by atoms with E-state index in [9.17, 15) is 4.79 Å². The van der Waals surface area contributed by atoms with Gasteiger partial charge in [-0.15, -0.1) is 12.4 Å². The molecule has 1 aromatic heterocycles. The summed E-state index contributed by atoms with van der Waals surface area (Å²) in [5.41, 5.74) is 5.57. The summed E-state index contributed by atoms with van der Waals surface area (Å²) in [7, 11) is 1.78. The van der Waals surface area contributed by atoms with E-state index < -0.39 is 5.91 Å². The fourth-order valence-corrected chi connectivity index (χ4v) is 0.779. The van der Waals surface area contributed by atoms with Gasteiger partial charge in [-0.2, -0.15) is 4.57 Å². The van der Waals surface area contributed by atoms with Crippen molar-refractivity contribution in [3.8, 4) is 0 Å². The number of hydrogen-bond donors (Lipinski definition) is 1. The number of rotatable bonds is 1. The Balaban J connectivity index is 0.000001000. The first-order valence-electron chi connectivity index (χ1n) is 2.96. The van der Waals surface area contributed by atoms with Gasteiger partial charge in [0.05, 0.1) is 0 Å². The van der Waals surface area contributed by atoms with E-state index in [1.54, 1.807) is 29.9 Å². The lowest BCUT2D eigenvalue weighted by Gasteiger charge is -1.91. The first-order chi connectivity index (χ1) is 4.72. The van der Waals surface area contributed by atoms with Gasteiger partial charge in [-0.3, -0.25) is 4.79 Å². The molecular formula is C7H10ClN2O+. The van der Waals surface area contributed by atoms with Crippen molar-refractivity contribution in [2.75, 3.05) is 0 Å². The van der Waals surface area contributed by atoms with Gasteiger partial charge in [0.2, 0.25) is 0 Å². The zero-order valence-electron chi connectivity index (χ0n) is 6.15. The van der Waals surface area contributed by atoms with Gasteiger partial charge in [-0.25, -0.2) is 0 Å². The van der Waals surface area contributed by atoms with Crippen molar-refractivity contribution in [1.82, 2.24) is 0 Å². The van der Waals surface area contributed by atoms with E-state index in [-0.39, 0.29) is 12.4 Å². The van der Waals surface area contributed by atoms with Gasteiger partial charge >= 0.3 is 5.91 Å². The molecule has 0 saturated carbocycles. The highest BCUT2D eigenvalue weighted by atomic mass is 35.5. The normalized spacial score (nSPS) is 8.45. The van der Waals surface area contributed by atoms with Crippen LogP contribution in [-0.4, -0.2) is 5.91 Å². The van der Waals surface area contributed by atoms with Crippen molar-refractivity contribution in [3.05, 3.63) is 30.1 Å². The smallest absolute Gasteiger partial charge is 0.313 e. The molecule has 1 amide bonds. The zero-order valence-corrected chi connectivity index (χ0v) is 6.97. The van der Waals surface area contributed by atoms with E-state index in [1.165, 1.54) is 0 Å². The molecular weight excluding hydrogens is 164 g/mol. The van der Waals surface area contributed by atoms with Gasteiger partial charge < -0.3 is 5.73 Å². The van der Waals surface area contributed by atoms with Crippen molar-refractivity contribution in [3.63, 3.8) is 0 Å². The van der Waals surface area contributed by atoms with E-state index in [4.69, 9.17) is 5.73 Å². The Morgan fingerprint density at radius 2 is 2.18 bits per heavy atom. The van der Waals surface area contributed by atoms with E-state index in [2.05, 4.69) is 0 Å². The summed E-state index contributed by atoms with van der Waals surface area (Å²) in [6.07, 6.45) is 1.78. The molecule has 0 aliphatic carbocycles. The van der Waals surface area contributed by atoms with Crippen LogP contribution in [-0.2, 0) is 7.05 Å². The minimum atomic E-state index is -0.400. The summed E-state index contributed by atoms with van der Waals surface area (Å²) < 4.78 is 1.68. The van der Waals surface area contributed by atoms with Crippen LogP contribution in [0.4, 0.5) is 0 Å². The van der Waals surface area contributed by atoms with Crippen LogP contribution in [0, 0.1) is 0 Å². The average molecular weight is 174 g/mol. The number of halogens is 1. The summed E-state index contributed by atoms with van der Waals surface area (Å²) in [6.45, 7) is 0. The highest BCUT2D eigenvalue weighted by Crippen LogP contribution is 1.86. The van der Waals surface area contributed by atoms with Crippen LogP contribution in [0.15, 0.2) is 24.4 Å². The number of hydrogen-bond acceptors (Lipinski definition) is 1. The number of pyridine rings is 1. The van der Waals surface area contributed by atoms with Crippen LogP contribution >= 0.6 is 12.4 Å². The lowest BCUT2D eigenvalue weighted by Crippen LogP contribution is -2.37. The number of amides is 1. The zero-order chi connectivity index (χ0) is 7.56. The third-order valence-electron chi connectivity index (χ3n) is 1.31. The summed E-state index contributed by atoms with van der Waals surface area (Å²) in [5, 5.41) is 0. The maximum Gasteiger partial charge on any atom is 0.313 e. The van der Waals surface area contributed by atoms with Gasteiger partial charge in [0.25, 0.3) is 5.69 Å². The number of nitrogens with two attached hydrogens (primary N) is 1. The molecule has 0 spiro atoms. The first-order valence-corrected chi connectivity index (χ1v) is 2.96. The predicted octanol–water partition coefficient (Wildman–Crippen LogP) is 0.0318. The second-order valence-electron chi connectivity index (χ2n) is 2.06. The van der Waals surface area contributed by atoms with Crippen LogP contribution in [0.2, 0.25) is 0 Å². The van der Waals surface area contributed by atoms with E-state index in [0.717, 1.165) is 0 Å². The maximum absolute atomic E-state index is 10.6. The number of aromatic nitrogens is 1. The Bertz CT molecular complexity index is 262. The molecule has 0 bridgehead atoms. The highest BCUT2D eigenvalue weighted by molar-refractivity contribution is 5.89. The van der Waals surface area contributed by atoms with Gasteiger partial charge in [0.15, 0.2) is 6.20 Å². The topological polar surface area (TPSA) is 47.0 Å². The summed E-state index contributed by atoms with van der Waals surface area (Å²) in [5.74, 6) is -0.400. The fraction of sp³-hybridized carbons (Fsp3) is 0.143. The number of nitrogens with zero attached hydrogens (tertiary/aromatic N) is 1. The molecule has 0 unspecified atom stereocenters. The van der Waals surface area contributed by atoms with E-state index in [0.29, 0.717) is 5.69 Å². The fourth-order valence-electron chi connectivity index (χ4n) is 0.779. The number of primary amides is 1. The Morgan fingerprint density at radius 1 is 1.55 bits per heavy atom.